The molecule has 1 aromatic rings. The maximum atomic E-state index is 13.9. The molecule has 1 amide bonds. The average Bonchev–Trinajstić information content (AvgIpc) is 3.27. The summed E-state index contributed by atoms with van der Waals surface area (Å²) >= 11 is 0. The van der Waals surface area contributed by atoms with Crippen molar-refractivity contribution in [2.24, 2.45) is 0 Å². The van der Waals surface area contributed by atoms with Crippen molar-refractivity contribution in [3.05, 3.63) is 29.8 Å². The number of amides is 1. The first kappa shape index (κ1) is 16.2. The topological polar surface area (TPSA) is 41.6 Å². The highest BCUT2D eigenvalue weighted by Gasteiger charge is 2.44. The molecule has 2 fully saturated rings. The highest BCUT2D eigenvalue weighted by atomic mass is 19.1. The summed E-state index contributed by atoms with van der Waals surface area (Å²) in [6.45, 7) is 3.54. The number of rotatable bonds is 5. The first-order valence-corrected chi connectivity index (χ1v) is 8.29. The van der Waals surface area contributed by atoms with Crippen molar-refractivity contribution in [2.75, 3.05) is 13.7 Å². The summed E-state index contributed by atoms with van der Waals surface area (Å²) in [6, 6.07) is 8.58. The van der Waals surface area contributed by atoms with Crippen molar-refractivity contribution in [1.29, 1.82) is 0 Å². The third-order valence-electron chi connectivity index (χ3n) is 4.74. The fourth-order valence-corrected chi connectivity index (χ4v) is 3.37. The Balaban J connectivity index is 1.85. The Morgan fingerprint density at radius 2 is 2.09 bits per heavy atom. The number of nitrogens with one attached hydrogen (secondary N) is 1. The van der Waals surface area contributed by atoms with Crippen LogP contribution in [0.3, 0.4) is 0 Å². The molecule has 3 rings (SSSR count). The molecular weight excluding hydrogens is 295 g/mol. The van der Waals surface area contributed by atoms with E-state index in [1.807, 2.05) is 18.2 Å². The number of methoxy groups -OCH3 is 1. The van der Waals surface area contributed by atoms with Crippen molar-refractivity contribution in [1.82, 2.24) is 10.2 Å². The molecule has 1 aliphatic heterocycles. The molecule has 4 nitrogen and oxygen atoms in total. The number of carbonyl (C=O) groups excluding carboxylic acids is 1. The molecular formula is C18H25FN2O2. The lowest BCUT2D eigenvalue weighted by Gasteiger charge is -2.30. The van der Waals surface area contributed by atoms with E-state index >= 15 is 0 Å². The molecule has 2 aliphatic rings. The summed E-state index contributed by atoms with van der Waals surface area (Å²) in [4.78, 5) is 14.5. The Labute approximate surface area is 137 Å². The van der Waals surface area contributed by atoms with Gasteiger partial charge in [0.1, 0.15) is 5.75 Å². The highest BCUT2D eigenvalue weighted by molar-refractivity contribution is 5.84. The molecule has 23 heavy (non-hydrogen) atoms. The standard InChI is InChI=1S/C18H25FN2O2/c1-18(2,19)17(22)20-15-9-10-21(13-7-8-13)16(15)12-5-4-6-14(11-12)23-3/h4-6,11,13,15-16H,7-10H2,1-3H3,(H,20,22). The van der Waals surface area contributed by atoms with Gasteiger partial charge in [-0.25, -0.2) is 4.39 Å². The summed E-state index contributed by atoms with van der Waals surface area (Å²) < 4.78 is 19.2. The van der Waals surface area contributed by atoms with Crippen molar-refractivity contribution in [2.45, 2.75) is 56.9 Å². The van der Waals surface area contributed by atoms with Gasteiger partial charge in [0.05, 0.1) is 13.2 Å². The maximum Gasteiger partial charge on any atom is 0.257 e. The quantitative estimate of drug-likeness (QED) is 0.907. The van der Waals surface area contributed by atoms with E-state index in [9.17, 15) is 9.18 Å². The van der Waals surface area contributed by atoms with Crippen LogP contribution in [0, 0.1) is 0 Å². The Bertz CT molecular complexity index is 581. The lowest BCUT2D eigenvalue weighted by molar-refractivity contribution is -0.131. The average molecular weight is 320 g/mol. The van der Waals surface area contributed by atoms with E-state index in [0.29, 0.717) is 6.04 Å². The molecule has 2 atom stereocenters. The van der Waals surface area contributed by atoms with E-state index in [4.69, 9.17) is 4.74 Å². The van der Waals surface area contributed by atoms with Crippen molar-refractivity contribution in [3.8, 4) is 5.75 Å². The molecule has 5 heteroatoms. The Hall–Kier alpha value is -1.62. The fourth-order valence-electron chi connectivity index (χ4n) is 3.37. The van der Waals surface area contributed by atoms with Gasteiger partial charge in [0.25, 0.3) is 5.91 Å². The van der Waals surface area contributed by atoms with Gasteiger partial charge in [-0.1, -0.05) is 12.1 Å². The van der Waals surface area contributed by atoms with Crippen LogP contribution in [0.2, 0.25) is 0 Å². The number of hydrogen-bond acceptors (Lipinski definition) is 3. The second-order valence-corrected chi connectivity index (χ2v) is 7.03. The van der Waals surface area contributed by atoms with Gasteiger partial charge in [-0.15, -0.1) is 0 Å². The number of ether oxygens (including phenoxy) is 1. The van der Waals surface area contributed by atoms with Crippen LogP contribution in [0.15, 0.2) is 24.3 Å². The fraction of sp³-hybridized carbons (Fsp3) is 0.611. The zero-order valence-electron chi connectivity index (χ0n) is 14.0. The number of nitrogens with zero attached hydrogens (tertiary/aromatic N) is 1. The second-order valence-electron chi connectivity index (χ2n) is 7.03. The molecule has 1 aromatic carbocycles. The number of halogens is 1. The summed E-state index contributed by atoms with van der Waals surface area (Å²) in [5.74, 6) is 0.272. The van der Waals surface area contributed by atoms with Gasteiger partial charge >= 0.3 is 0 Å². The number of likely N-dealkylation sites (tertiary alicyclic amines) is 1. The molecule has 126 valence electrons. The molecule has 0 radical (unpaired) electrons. The zero-order valence-corrected chi connectivity index (χ0v) is 14.0. The first-order chi connectivity index (χ1) is 10.9. The van der Waals surface area contributed by atoms with Gasteiger partial charge in [0, 0.05) is 18.6 Å². The van der Waals surface area contributed by atoms with E-state index in [0.717, 1.165) is 24.3 Å². The van der Waals surface area contributed by atoms with Crippen LogP contribution in [0.1, 0.15) is 44.7 Å². The third-order valence-corrected chi connectivity index (χ3v) is 4.74. The third kappa shape index (κ3) is 3.50. The predicted molar refractivity (Wildman–Crippen MR) is 87.2 cm³/mol. The van der Waals surface area contributed by atoms with Crippen LogP contribution in [0.25, 0.3) is 0 Å². The molecule has 0 aromatic heterocycles. The molecule has 2 unspecified atom stereocenters. The highest BCUT2D eigenvalue weighted by Crippen LogP contribution is 2.41. The number of hydrogen-bond donors (Lipinski definition) is 1. The largest absolute Gasteiger partial charge is 0.497 e. The molecule has 1 saturated carbocycles. The predicted octanol–water partition coefficient (Wildman–Crippen LogP) is 2.84. The van der Waals surface area contributed by atoms with Crippen molar-refractivity contribution >= 4 is 5.91 Å². The minimum Gasteiger partial charge on any atom is -0.497 e. The van der Waals surface area contributed by atoms with E-state index in [1.54, 1.807) is 7.11 Å². The SMILES string of the molecule is COc1cccc(C2C(NC(=O)C(C)(C)F)CCN2C2CC2)c1. The lowest BCUT2D eigenvalue weighted by atomic mass is 9.98. The van der Waals surface area contributed by atoms with Crippen molar-refractivity contribution < 1.29 is 13.9 Å². The van der Waals surface area contributed by atoms with Crippen LogP contribution in [-0.4, -0.2) is 42.2 Å². The second kappa shape index (κ2) is 6.11. The molecule has 1 heterocycles. The van der Waals surface area contributed by atoms with Crippen LogP contribution in [0.4, 0.5) is 4.39 Å². The van der Waals surface area contributed by atoms with Gasteiger partial charge in [0.15, 0.2) is 5.67 Å². The lowest BCUT2D eigenvalue weighted by Crippen LogP contribution is -2.46. The monoisotopic (exact) mass is 320 g/mol. The van der Waals surface area contributed by atoms with Gasteiger partial charge in [-0.05, 0) is 50.8 Å². The van der Waals surface area contributed by atoms with Crippen LogP contribution in [-0.2, 0) is 4.79 Å². The number of carbonyl (C=O) groups is 1. The number of alkyl halides is 1. The molecule has 1 N–H and O–H groups in total. The van der Waals surface area contributed by atoms with E-state index < -0.39 is 11.6 Å². The van der Waals surface area contributed by atoms with Crippen molar-refractivity contribution in [3.63, 3.8) is 0 Å². The van der Waals surface area contributed by atoms with Crippen LogP contribution < -0.4 is 10.1 Å². The first-order valence-electron chi connectivity index (χ1n) is 8.29. The smallest absolute Gasteiger partial charge is 0.257 e. The van der Waals surface area contributed by atoms with E-state index in [-0.39, 0.29) is 12.1 Å². The van der Waals surface area contributed by atoms with Gasteiger partial charge < -0.3 is 10.1 Å². The summed E-state index contributed by atoms with van der Waals surface area (Å²) in [6.07, 6.45) is 3.26. The molecule has 1 saturated heterocycles. The van der Waals surface area contributed by atoms with Gasteiger partial charge in [-0.2, -0.15) is 0 Å². The van der Waals surface area contributed by atoms with E-state index in [1.165, 1.54) is 26.7 Å². The Morgan fingerprint density at radius 3 is 2.70 bits per heavy atom. The van der Waals surface area contributed by atoms with E-state index in [2.05, 4.69) is 16.3 Å². The minimum absolute atomic E-state index is 0.0646. The summed E-state index contributed by atoms with van der Waals surface area (Å²) in [7, 11) is 1.65. The number of benzene rings is 1. The normalized spacial score (nSPS) is 25.4. The molecule has 0 bridgehead atoms. The minimum atomic E-state index is -1.86. The Kier molecular flexibility index (Phi) is 4.32. The Morgan fingerprint density at radius 1 is 1.35 bits per heavy atom. The zero-order chi connectivity index (χ0) is 16.6. The van der Waals surface area contributed by atoms with Crippen LogP contribution >= 0.6 is 0 Å². The van der Waals surface area contributed by atoms with Crippen LogP contribution in [0.5, 0.6) is 5.75 Å². The van der Waals surface area contributed by atoms with Gasteiger partial charge in [-0.3, -0.25) is 9.69 Å². The summed E-state index contributed by atoms with van der Waals surface area (Å²) in [5.41, 5.74) is -0.734. The molecule has 1 aliphatic carbocycles. The molecule has 0 spiro atoms. The maximum absolute atomic E-state index is 13.9. The van der Waals surface area contributed by atoms with Gasteiger partial charge in [0.2, 0.25) is 0 Å². The summed E-state index contributed by atoms with van der Waals surface area (Å²) in [5, 5.41) is 2.92.